The molecule has 0 bridgehead atoms. The summed E-state index contributed by atoms with van der Waals surface area (Å²) in [5, 5.41) is 6.27. The number of likely N-dealkylation sites (N-methyl/N-ethyl adjacent to an activating group) is 1. The molecular weight excluding hydrogens is 380 g/mol. The smallest absolute Gasteiger partial charge is 0.430 e. The van der Waals surface area contributed by atoms with E-state index in [9.17, 15) is 4.79 Å². The molecule has 2 saturated heterocycles. The van der Waals surface area contributed by atoms with E-state index in [2.05, 4.69) is 21.9 Å². The second-order valence-electron chi connectivity index (χ2n) is 7.15. The van der Waals surface area contributed by atoms with E-state index in [1.54, 1.807) is 6.21 Å². The van der Waals surface area contributed by atoms with Crippen molar-refractivity contribution in [3.8, 4) is 11.3 Å². The number of furan rings is 1. The summed E-state index contributed by atoms with van der Waals surface area (Å²) < 4.78 is 11.2. The minimum atomic E-state index is -0.417. The van der Waals surface area contributed by atoms with Crippen LogP contribution in [-0.2, 0) is 4.74 Å². The maximum atomic E-state index is 12.1. The van der Waals surface area contributed by atoms with E-state index in [-0.39, 0.29) is 6.10 Å². The predicted molar refractivity (Wildman–Crippen MR) is 108 cm³/mol. The third-order valence-corrected chi connectivity index (χ3v) is 5.24. The normalized spacial score (nSPS) is 21.6. The second-order valence-corrected chi connectivity index (χ2v) is 7.58. The van der Waals surface area contributed by atoms with Gasteiger partial charge in [0.2, 0.25) is 0 Å². The lowest BCUT2D eigenvalue weighted by molar-refractivity contribution is 0.0835. The van der Waals surface area contributed by atoms with Crippen molar-refractivity contribution in [3.05, 3.63) is 47.2 Å². The van der Waals surface area contributed by atoms with Crippen LogP contribution in [0.3, 0.4) is 0 Å². The molecule has 7 nitrogen and oxygen atoms in total. The number of benzene rings is 1. The Balaban J connectivity index is 1.33. The van der Waals surface area contributed by atoms with Gasteiger partial charge in [0.15, 0.2) is 0 Å². The van der Waals surface area contributed by atoms with Crippen molar-refractivity contribution in [2.45, 2.75) is 6.10 Å². The minimum absolute atomic E-state index is 0.158. The maximum Gasteiger partial charge on any atom is 0.430 e. The van der Waals surface area contributed by atoms with E-state index in [0.29, 0.717) is 17.3 Å². The first-order valence-electron chi connectivity index (χ1n) is 9.35. The molecule has 0 radical (unpaired) electrons. The molecule has 3 heterocycles. The number of halogens is 1. The van der Waals surface area contributed by atoms with Gasteiger partial charge in [0.25, 0.3) is 0 Å². The number of carbonyl (C=O) groups is 1. The highest BCUT2D eigenvalue weighted by Gasteiger charge is 2.33. The van der Waals surface area contributed by atoms with E-state index in [4.69, 9.17) is 20.8 Å². The molecule has 0 N–H and O–H groups in total. The van der Waals surface area contributed by atoms with Crippen LogP contribution in [0.5, 0.6) is 0 Å². The van der Waals surface area contributed by atoms with Crippen molar-refractivity contribution >= 4 is 23.9 Å². The highest BCUT2D eigenvalue weighted by atomic mass is 35.5. The lowest BCUT2D eigenvalue weighted by Crippen LogP contribution is -2.47. The molecule has 2 fully saturated rings. The molecule has 0 saturated carbocycles. The van der Waals surface area contributed by atoms with E-state index in [1.165, 1.54) is 5.01 Å². The topological polar surface area (TPSA) is 61.5 Å². The summed E-state index contributed by atoms with van der Waals surface area (Å²) in [5.41, 5.74) is 0.928. The Morgan fingerprint density at radius 3 is 2.64 bits per heavy atom. The number of hydrogen-bond acceptors (Lipinski definition) is 6. The zero-order chi connectivity index (χ0) is 19.5. The van der Waals surface area contributed by atoms with Crippen molar-refractivity contribution in [1.29, 1.82) is 0 Å². The number of amides is 1. The molecule has 28 heavy (non-hydrogen) atoms. The highest BCUT2D eigenvalue weighted by molar-refractivity contribution is 6.30. The van der Waals surface area contributed by atoms with Gasteiger partial charge in [-0.15, -0.1) is 0 Å². The van der Waals surface area contributed by atoms with Crippen LogP contribution in [0.4, 0.5) is 4.79 Å². The summed E-state index contributed by atoms with van der Waals surface area (Å²) in [6, 6.07) is 11.1. The molecule has 0 aliphatic carbocycles. The summed E-state index contributed by atoms with van der Waals surface area (Å²) in [4.78, 5) is 16.7. The lowest BCUT2D eigenvalue weighted by atomic mass is 10.2. The van der Waals surface area contributed by atoms with E-state index in [1.807, 2.05) is 36.4 Å². The summed E-state index contributed by atoms with van der Waals surface area (Å²) in [6.45, 7) is 5.26. The molecular formula is C20H23ClN4O3. The Bertz CT molecular complexity index is 843. The largest absolute Gasteiger partial charge is 0.455 e. The minimum Gasteiger partial charge on any atom is -0.455 e. The Morgan fingerprint density at radius 1 is 1.14 bits per heavy atom. The van der Waals surface area contributed by atoms with Crippen LogP contribution in [0.2, 0.25) is 5.02 Å². The van der Waals surface area contributed by atoms with Gasteiger partial charge in [0, 0.05) is 43.3 Å². The summed E-state index contributed by atoms with van der Waals surface area (Å²) in [6.07, 6.45) is 0.966. The summed E-state index contributed by atoms with van der Waals surface area (Å²) >= 11 is 5.91. The molecule has 4 rings (SSSR count). The zero-order valence-corrected chi connectivity index (χ0v) is 16.5. The van der Waals surface area contributed by atoms with Crippen molar-refractivity contribution in [2.24, 2.45) is 5.10 Å². The summed E-state index contributed by atoms with van der Waals surface area (Å²) in [7, 11) is 2.12. The number of piperazine rings is 1. The average Bonchev–Trinajstić information content (AvgIpc) is 3.29. The number of hydrazone groups is 1. The van der Waals surface area contributed by atoms with Crippen LogP contribution in [0.15, 0.2) is 45.9 Å². The molecule has 1 amide bonds. The molecule has 8 heteroatoms. The van der Waals surface area contributed by atoms with Crippen molar-refractivity contribution in [2.75, 3.05) is 46.3 Å². The highest BCUT2D eigenvalue weighted by Crippen LogP contribution is 2.23. The predicted octanol–water partition coefficient (Wildman–Crippen LogP) is 3.00. The van der Waals surface area contributed by atoms with Crippen molar-refractivity contribution < 1.29 is 13.9 Å². The first kappa shape index (κ1) is 19.0. The maximum absolute atomic E-state index is 12.1. The van der Waals surface area contributed by atoms with Gasteiger partial charge in [-0.3, -0.25) is 4.90 Å². The van der Waals surface area contributed by atoms with Crippen molar-refractivity contribution in [1.82, 2.24) is 14.8 Å². The van der Waals surface area contributed by atoms with Crippen molar-refractivity contribution in [3.63, 3.8) is 0 Å². The van der Waals surface area contributed by atoms with Crippen LogP contribution >= 0.6 is 11.6 Å². The SMILES string of the molecule is CN1CCN(CC2CN(N=Cc3ccc(-c4ccc(Cl)cc4)o3)C(=O)O2)CC1. The first-order valence-corrected chi connectivity index (χ1v) is 9.73. The molecule has 1 aromatic carbocycles. The van der Waals surface area contributed by atoms with Gasteiger partial charge in [-0.1, -0.05) is 11.6 Å². The van der Waals surface area contributed by atoms with Gasteiger partial charge in [-0.25, -0.2) is 4.79 Å². The van der Waals surface area contributed by atoms with Gasteiger partial charge < -0.3 is 14.1 Å². The standard InChI is InChI=1S/C20H23ClN4O3/c1-23-8-10-24(11-9-23)13-18-14-25(20(26)28-18)22-12-17-6-7-19(27-17)15-2-4-16(21)5-3-15/h2-7,12,18H,8-11,13-14H2,1H3. The van der Waals surface area contributed by atoms with Crippen LogP contribution in [0.25, 0.3) is 11.3 Å². The Kier molecular flexibility index (Phi) is 5.66. The Hall–Kier alpha value is -2.35. The fraction of sp³-hybridized carbons (Fsp3) is 0.400. The number of nitrogens with zero attached hydrogens (tertiary/aromatic N) is 4. The van der Waals surface area contributed by atoms with Gasteiger partial charge >= 0.3 is 6.09 Å². The Labute approximate surface area is 169 Å². The molecule has 148 valence electrons. The third kappa shape index (κ3) is 4.55. The van der Waals surface area contributed by atoms with E-state index < -0.39 is 6.09 Å². The number of cyclic esters (lactones) is 1. The molecule has 1 unspecified atom stereocenters. The number of carbonyl (C=O) groups excluding carboxylic acids is 1. The van der Waals surface area contributed by atoms with E-state index in [0.717, 1.165) is 44.0 Å². The fourth-order valence-electron chi connectivity index (χ4n) is 3.33. The number of rotatable bonds is 5. The second kappa shape index (κ2) is 8.34. The first-order chi connectivity index (χ1) is 13.6. The van der Waals surface area contributed by atoms with Gasteiger partial charge in [0.05, 0.1) is 12.8 Å². The van der Waals surface area contributed by atoms with Gasteiger partial charge in [0.1, 0.15) is 17.6 Å². The van der Waals surface area contributed by atoms with Crippen LogP contribution in [-0.4, -0.2) is 79.5 Å². The van der Waals surface area contributed by atoms with Crippen LogP contribution < -0.4 is 0 Å². The van der Waals surface area contributed by atoms with Crippen LogP contribution in [0.1, 0.15) is 5.76 Å². The molecule has 0 spiro atoms. The Morgan fingerprint density at radius 2 is 1.89 bits per heavy atom. The number of hydrogen-bond donors (Lipinski definition) is 0. The van der Waals surface area contributed by atoms with E-state index >= 15 is 0 Å². The molecule has 2 aliphatic heterocycles. The zero-order valence-electron chi connectivity index (χ0n) is 15.8. The summed E-state index contributed by atoms with van der Waals surface area (Å²) in [5.74, 6) is 1.29. The molecule has 2 aromatic rings. The molecule has 2 aliphatic rings. The van der Waals surface area contributed by atoms with Gasteiger partial charge in [-0.05, 0) is 43.4 Å². The van der Waals surface area contributed by atoms with Crippen LogP contribution in [0, 0.1) is 0 Å². The lowest BCUT2D eigenvalue weighted by Gasteiger charge is -2.33. The fourth-order valence-corrected chi connectivity index (χ4v) is 3.46. The average molecular weight is 403 g/mol. The molecule has 1 atom stereocenters. The third-order valence-electron chi connectivity index (χ3n) is 4.99. The molecule has 1 aromatic heterocycles. The van der Waals surface area contributed by atoms with Gasteiger partial charge in [-0.2, -0.15) is 10.1 Å². The quantitative estimate of drug-likeness (QED) is 0.719. The number of ether oxygens (including phenoxy) is 1. The monoisotopic (exact) mass is 402 g/mol.